The molecule has 0 fully saturated rings. The van der Waals surface area contributed by atoms with Gasteiger partial charge < -0.3 is 10.6 Å². The standard InChI is InChI=1S/C16H16F2N6O/c1-9-22-14(12-8-21-24(2)15(12)23-9)19-5-6-20-16(25)11-4-3-10(17)7-13(11)18/h3-4,7-8H,5-6H2,1-2H3,(H,20,25)(H,19,22,23). The van der Waals surface area contributed by atoms with Gasteiger partial charge in [-0.15, -0.1) is 0 Å². The first-order chi connectivity index (χ1) is 12.0. The number of aromatic nitrogens is 4. The summed E-state index contributed by atoms with van der Waals surface area (Å²) in [4.78, 5) is 20.6. The number of fused-ring (bicyclic) bond motifs is 1. The molecule has 0 radical (unpaired) electrons. The fourth-order valence-corrected chi connectivity index (χ4v) is 2.39. The topological polar surface area (TPSA) is 84.7 Å². The molecule has 7 nitrogen and oxygen atoms in total. The maximum atomic E-state index is 13.6. The first kappa shape index (κ1) is 16.7. The molecule has 2 heterocycles. The number of hydrogen-bond acceptors (Lipinski definition) is 5. The van der Waals surface area contributed by atoms with E-state index in [1.165, 1.54) is 0 Å². The lowest BCUT2D eigenvalue weighted by atomic mass is 10.2. The van der Waals surface area contributed by atoms with Crippen molar-refractivity contribution in [2.45, 2.75) is 6.92 Å². The van der Waals surface area contributed by atoms with Gasteiger partial charge >= 0.3 is 0 Å². The Balaban J connectivity index is 1.61. The van der Waals surface area contributed by atoms with Crippen LogP contribution in [0.15, 0.2) is 24.4 Å². The summed E-state index contributed by atoms with van der Waals surface area (Å²) < 4.78 is 28.1. The average molecular weight is 346 g/mol. The van der Waals surface area contributed by atoms with Gasteiger partial charge in [-0.25, -0.2) is 18.7 Å². The predicted molar refractivity (Wildman–Crippen MR) is 88.2 cm³/mol. The van der Waals surface area contributed by atoms with Crippen molar-refractivity contribution < 1.29 is 13.6 Å². The summed E-state index contributed by atoms with van der Waals surface area (Å²) in [5, 5.41) is 10.6. The number of anilines is 1. The zero-order valence-electron chi connectivity index (χ0n) is 13.7. The average Bonchev–Trinajstić information content (AvgIpc) is 2.92. The third-order valence-corrected chi connectivity index (χ3v) is 3.58. The fraction of sp³-hybridized carbons (Fsp3) is 0.250. The first-order valence-electron chi connectivity index (χ1n) is 7.59. The van der Waals surface area contributed by atoms with Crippen LogP contribution in [0.2, 0.25) is 0 Å². The van der Waals surface area contributed by atoms with Crippen molar-refractivity contribution in [1.29, 1.82) is 0 Å². The highest BCUT2D eigenvalue weighted by Gasteiger charge is 2.12. The minimum atomic E-state index is -0.894. The van der Waals surface area contributed by atoms with Crippen molar-refractivity contribution in [3.05, 3.63) is 47.4 Å². The molecule has 0 spiro atoms. The van der Waals surface area contributed by atoms with Crippen molar-refractivity contribution in [1.82, 2.24) is 25.1 Å². The lowest BCUT2D eigenvalue weighted by molar-refractivity contribution is 0.0951. The highest BCUT2D eigenvalue weighted by atomic mass is 19.1. The number of rotatable bonds is 5. The van der Waals surface area contributed by atoms with Gasteiger partial charge in [0.15, 0.2) is 5.65 Å². The molecule has 0 saturated carbocycles. The van der Waals surface area contributed by atoms with Crippen LogP contribution in [-0.2, 0) is 7.05 Å². The number of carbonyl (C=O) groups excluding carboxylic acids is 1. The summed E-state index contributed by atoms with van der Waals surface area (Å²) in [6.45, 7) is 2.38. The Morgan fingerprint density at radius 2 is 2.04 bits per heavy atom. The van der Waals surface area contributed by atoms with E-state index in [4.69, 9.17) is 0 Å². The van der Waals surface area contributed by atoms with E-state index in [9.17, 15) is 13.6 Å². The molecule has 130 valence electrons. The predicted octanol–water partition coefficient (Wildman–Crippen LogP) is 1.79. The lowest BCUT2D eigenvalue weighted by Crippen LogP contribution is -2.29. The van der Waals surface area contributed by atoms with Crippen molar-refractivity contribution in [3.63, 3.8) is 0 Å². The number of benzene rings is 1. The molecule has 0 bridgehead atoms. The number of halogens is 2. The van der Waals surface area contributed by atoms with Gasteiger partial charge in [-0.3, -0.25) is 9.48 Å². The first-order valence-corrected chi connectivity index (χ1v) is 7.59. The largest absolute Gasteiger partial charge is 0.368 e. The second kappa shape index (κ2) is 6.80. The van der Waals surface area contributed by atoms with Gasteiger partial charge in [-0.1, -0.05) is 0 Å². The normalized spacial score (nSPS) is 10.9. The van der Waals surface area contributed by atoms with Crippen LogP contribution in [-0.4, -0.2) is 38.7 Å². The molecule has 2 N–H and O–H groups in total. The van der Waals surface area contributed by atoms with Crippen LogP contribution in [0, 0.1) is 18.6 Å². The molecule has 0 atom stereocenters. The molecule has 0 aliphatic heterocycles. The highest BCUT2D eigenvalue weighted by Crippen LogP contribution is 2.18. The van der Waals surface area contributed by atoms with Crippen molar-refractivity contribution >= 4 is 22.8 Å². The molecule has 0 aliphatic rings. The van der Waals surface area contributed by atoms with E-state index in [1.54, 1.807) is 24.9 Å². The maximum absolute atomic E-state index is 13.6. The van der Waals surface area contributed by atoms with E-state index in [0.717, 1.165) is 17.5 Å². The molecule has 1 aromatic carbocycles. The summed E-state index contributed by atoms with van der Waals surface area (Å²) >= 11 is 0. The SMILES string of the molecule is Cc1nc(NCCNC(=O)c2ccc(F)cc2F)c2cnn(C)c2n1. The molecule has 0 unspecified atom stereocenters. The van der Waals surface area contributed by atoms with Crippen LogP contribution in [0.1, 0.15) is 16.2 Å². The second-order valence-corrected chi connectivity index (χ2v) is 5.43. The van der Waals surface area contributed by atoms with Crippen LogP contribution in [0.5, 0.6) is 0 Å². The Bertz CT molecular complexity index is 940. The molecule has 3 aromatic rings. The van der Waals surface area contributed by atoms with E-state index in [2.05, 4.69) is 25.7 Å². The van der Waals surface area contributed by atoms with E-state index >= 15 is 0 Å². The Labute approximate surface area is 142 Å². The number of carbonyl (C=O) groups is 1. The van der Waals surface area contributed by atoms with Crippen LogP contribution in [0.4, 0.5) is 14.6 Å². The molecule has 1 amide bonds. The molecule has 0 aliphatic carbocycles. The quantitative estimate of drug-likeness (QED) is 0.688. The Kier molecular flexibility index (Phi) is 4.55. The zero-order chi connectivity index (χ0) is 18.0. The van der Waals surface area contributed by atoms with Gasteiger partial charge in [0, 0.05) is 26.2 Å². The molecule has 3 rings (SSSR count). The van der Waals surface area contributed by atoms with E-state index in [-0.39, 0.29) is 12.1 Å². The fourth-order valence-electron chi connectivity index (χ4n) is 2.39. The summed E-state index contributed by atoms with van der Waals surface area (Å²) in [5.74, 6) is -1.03. The van der Waals surface area contributed by atoms with Crippen molar-refractivity contribution in [3.8, 4) is 0 Å². The Morgan fingerprint density at radius 3 is 2.80 bits per heavy atom. The van der Waals surface area contributed by atoms with E-state index in [1.807, 2.05) is 0 Å². The monoisotopic (exact) mass is 346 g/mol. The molecule has 9 heteroatoms. The Hall–Kier alpha value is -3.10. The zero-order valence-corrected chi connectivity index (χ0v) is 13.7. The Morgan fingerprint density at radius 1 is 1.24 bits per heavy atom. The maximum Gasteiger partial charge on any atom is 0.254 e. The van der Waals surface area contributed by atoms with Gasteiger partial charge in [-0.05, 0) is 19.1 Å². The van der Waals surface area contributed by atoms with Crippen LogP contribution in [0.25, 0.3) is 11.0 Å². The summed E-state index contributed by atoms with van der Waals surface area (Å²) in [5.41, 5.74) is 0.501. The lowest BCUT2D eigenvalue weighted by Gasteiger charge is -2.09. The summed E-state index contributed by atoms with van der Waals surface area (Å²) in [6.07, 6.45) is 1.66. The van der Waals surface area contributed by atoms with E-state index in [0.29, 0.717) is 29.9 Å². The van der Waals surface area contributed by atoms with Gasteiger partial charge in [-0.2, -0.15) is 5.10 Å². The van der Waals surface area contributed by atoms with Crippen molar-refractivity contribution in [2.24, 2.45) is 7.05 Å². The number of nitrogens with one attached hydrogen (secondary N) is 2. The highest BCUT2D eigenvalue weighted by molar-refractivity contribution is 5.94. The van der Waals surface area contributed by atoms with Gasteiger partial charge in [0.2, 0.25) is 0 Å². The minimum absolute atomic E-state index is 0.200. The molecule has 2 aromatic heterocycles. The van der Waals surface area contributed by atoms with E-state index < -0.39 is 17.5 Å². The number of aryl methyl sites for hydroxylation is 2. The smallest absolute Gasteiger partial charge is 0.254 e. The third kappa shape index (κ3) is 3.54. The number of nitrogens with zero attached hydrogens (tertiary/aromatic N) is 4. The summed E-state index contributed by atoms with van der Waals surface area (Å²) in [7, 11) is 1.79. The second-order valence-electron chi connectivity index (χ2n) is 5.43. The molecule has 25 heavy (non-hydrogen) atoms. The molecular formula is C16H16F2N6O. The van der Waals surface area contributed by atoms with Gasteiger partial charge in [0.05, 0.1) is 17.1 Å². The number of amides is 1. The van der Waals surface area contributed by atoms with Crippen molar-refractivity contribution in [2.75, 3.05) is 18.4 Å². The van der Waals surface area contributed by atoms with Gasteiger partial charge in [0.1, 0.15) is 23.3 Å². The van der Waals surface area contributed by atoms with Crippen LogP contribution < -0.4 is 10.6 Å². The van der Waals surface area contributed by atoms with Crippen LogP contribution >= 0.6 is 0 Å². The van der Waals surface area contributed by atoms with Gasteiger partial charge in [0.25, 0.3) is 5.91 Å². The number of hydrogen-bond donors (Lipinski definition) is 2. The molecular weight excluding hydrogens is 330 g/mol. The van der Waals surface area contributed by atoms with Crippen LogP contribution in [0.3, 0.4) is 0 Å². The minimum Gasteiger partial charge on any atom is -0.368 e. The third-order valence-electron chi connectivity index (χ3n) is 3.58. The molecule has 0 saturated heterocycles. The summed E-state index contributed by atoms with van der Waals surface area (Å²) in [6, 6.07) is 2.83.